The summed E-state index contributed by atoms with van der Waals surface area (Å²) in [4.78, 5) is 4.18. The van der Waals surface area contributed by atoms with E-state index in [2.05, 4.69) is 17.2 Å². The first kappa shape index (κ1) is 14.3. The van der Waals surface area contributed by atoms with Crippen molar-refractivity contribution >= 4 is 5.69 Å². The van der Waals surface area contributed by atoms with Crippen molar-refractivity contribution in [1.82, 2.24) is 10.3 Å². The molecule has 1 aromatic rings. The highest BCUT2D eigenvalue weighted by atomic mass is 16.5. The van der Waals surface area contributed by atoms with Crippen molar-refractivity contribution in [3.63, 3.8) is 0 Å². The lowest BCUT2D eigenvalue weighted by molar-refractivity contribution is 0.0511. The van der Waals surface area contributed by atoms with Crippen molar-refractivity contribution in [3.8, 4) is 0 Å². The van der Waals surface area contributed by atoms with Gasteiger partial charge in [-0.15, -0.1) is 0 Å². The molecule has 0 aliphatic heterocycles. The number of hydrogen-bond acceptors (Lipinski definition) is 4. The van der Waals surface area contributed by atoms with Crippen LogP contribution in [0.5, 0.6) is 0 Å². The molecular weight excluding hydrogens is 238 g/mol. The zero-order valence-electron chi connectivity index (χ0n) is 11.9. The minimum atomic E-state index is 0.283. The van der Waals surface area contributed by atoms with Crippen molar-refractivity contribution in [3.05, 3.63) is 24.0 Å². The summed E-state index contributed by atoms with van der Waals surface area (Å²) in [5, 5.41) is 3.61. The third-order valence-corrected chi connectivity index (χ3v) is 3.79. The van der Waals surface area contributed by atoms with Gasteiger partial charge < -0.3 is 15.8 Å². The maximum Gasteiger partial charge on any atom is 0.0755 e. The first-order chi connectivity index (χ1) is 9.26. The lowest BCUT2D eigenvalue weighted by atomic mass is 9.98. The zero-order valence-corrected chi connectivity index (χ0v) is 11.9. The van der Waals surface area contributed by atoms with Crippen LogP contribution in [0, 0.1) is 5.92 Å². The molecule has 19 heavy (non-hydrogen) atoms. The van der Waals surface area contributed by atoms with Crippen molar-refractivity contribution in [2.24, 2.45) is 5.92 Å². The standard InChI is InChI=1S/C15H25N3O/c1-3-7-18-14(15(19-2)11-4-5-11)9-12-10-17-8-6-13(12)16/h6,8,10-11,14-15,18H,3-5,7,9H2,1-2H3,(H2,16,17). The summed E-state index contributed by atoms with van der Waals surface area (Å²) >= 11 is 0. The van der Waals surface area contributed by atoms with E-state index < -0.39 is 0 Å². The lowest BCUT2D eigenvalue weighted by Crippen LogP contribution is -2.44. The highest BCUT2D eigenvalue weighted by molar-refractivity contribution is 5.44. The molecule has 0 aromatic carbocycles. The molecule has 1 saturated carbocycles. The van der Waals surface area contributed by atoms with Crippen molar-refractivity contribution in [1.29, 1.82) is 0 Å². The Balaban J connectivity index is 2.06. The van der Waals surface area contributed by atoms with Crippen molar-refractivity contribution < 1.29 is 4.74 Å². The van der Waals surface area contributed by atoms with Crippen molar-refractivity contribution in [2.45, 2.75) is 44.8 Å². The molecular formula is C15H25N3O. The van der Waals surface area contributed by atoms with E-state index in [4.69, 9.17) is 10.5 Å². The van der Waals surface area contributed by atoms with E-state index >= 15 is 0 Å². The van der Waals surface area contributed by atoms with Crippen molar-refractivity contribution in [2.75, 3.05) is 19.4 Å². The van der Waals surface area contributed by atoms with Crippen LogP contribution in [0.1, 0.15) is 31.7 Å². The number of hydrogen-bond donors (Lipinski definition) is 2. The number of nitrogens with zero attached hydrogens (tertiary/aromatic N) is 1. The lowest BCUT2D eigenvalue weighted by Gasteiger charge is -2.27. The summed E-state index contributed by atoms with van der Waals surface area (Å²) in [6.07, 6.45) is 8.47. The van der Waals surface area contributed by atoms with E-state index in [0.29, 0.717) is 12.0 Å². The number of anilines is 1. The van der Waals surface area contributed by atoms with Crippen LogP contribution in [0.4, 0.5) is 5.69 Å². The molecule has 0 radical (unpaired) electrons. The molecule has 1 heterocycles. The van der Waals surface area contributed by atoms with Crippen LogP contribution in [0.2, 0.25) is 0 Å². The Morgan fingerprint density at radius 2 is 2.32 bits per heavy atom. The van der Waals surface area contributed by atoms with E-state index in [1.54, 1.807) is 6.20 Å². The molecule has 1 aliphatic rings. The van der Waals surface area contributed by atoms with Crippen LogP contribution in [0.15, 0.2) is 18.5 Å². The molecule has 2 rings (SSSR count). The first-order valence-corrected chi connectivity index (χ1v) is 7.20. The molecule has 3 N–H and O–H groups in total. The van der Waals surface area contributed by atoms with Gasteiger partial charge in [-0.3, -0.25) is 4.98 Å². The Labute approximate surface area is 115 Å². The molecule has 1 aromatic heterocycles. The molecule has 1 aliphatic carbocycles. The summed E-state index contributed by atoms with van der Waals surface area (Å²) in [7, 11) is 1.82. The molecule has 106 valence electrons. The van der Waals surface area contributed by atoms with E-state index in [9.17, 15) is 0 Å². The van der Waals surface area contributed by atoms with E-state index in [0.717, 1.165) is 30.6 Å². The monoisotopic (exact) mass is 263 g/mol. The number of rotatable bonds is 8. The van der Waals surface area contributed by atoms with Gasteiger partial charge in [-0.1, -0.05) is 6.92 Å². The fourth-order valence-corrected chi connectivity index (χ4v) is 2.59. The second-order valence-corrected chi connectivity index (χ2v) is 5.38. The fourth-order valence-electron chi connectivity index (χ4n) is 2.59. The largest absolute Gasteiger partial charge is 0.398 e. The van der Waals surface area contributed by atoms with Crippen LogP contribution in [0.3, 0.4) is 0 Å². The summed E-state index contributed by atoms with van der Waals surface area (Å²) in [6, 6.07) is 2.19. The maximum atomic E-state index is 6.02. The smallest absolute Gasteiger partial charge is 0.0755 e. The molecule has 2 unspecified atom stereocenters. The summed E-state index contributed by atoms with van der Waals surface area (Å²) in [6.45, 7) is 3.19. The average Bonchev–Trinajstić information content (AvgIpc) is 3.23. The number of ether oxygens (including phenoxy) is 1. The molecule has 4 heteroatoms. The number of nitrogens with one attached hydrogen (secondary N) is 1. The first-order valence-electron chi connectivity index (χ1n) is 7.20. The minimum Gasteiger partial charge on any atom is -0.398 e. The third-order valence-electron chi connectivity index (χ3n) is 3.79. The van der Waals surface area contributed by atoms with Crippen LogP contribution in [0.25, 0.3) is 0 Å². The SMILES string of the molecule is CCCNC(Cc1cnccc1N)C(OC)C1CC1. The maximum absolute atomic E-state index is 6.02. The molecule has 4 nitrogen and oxygen atoms in total. The van der Waals surface area contributed by atoms with Gasteiger partial charge in [-0.25, -0.2) is 0 Å². The number of nitrogens with two attached hydrogens (primary N) is 1. The Morgan fingerprint density at radius 3 is 2.89 bits per heavy atom. The molecule has 2 atom stereocenters. The third kappa shape index (κ3) is 3.91. The number of aromatic nitrogens is 1. The van der Waals surface area contributed by atoms with Gasteiger partial charge in [-0.05, 0) is 49.8 Å². The normalized spacial score (nSPS) is 18.2. The fraction of sp³-hybridized carbons (Fsp3) is 0.667. The minimum absolute atomic E-state index is 0.283. The molecule has 0 amide bonds. The topological polar surface area (TPSA) is 60.2 Å². The highest BCUT2D eigenvalue weighted by Gasteiger charge is 2.36. The Kier molecular flexibility index (Phi) is 5.16. The molecule has 0 saturated heterocycles. The van der Waals surface area contributed by atoms with Gasteiger partial charge in [0.15, 0.2) is 0 Å². The predicted octanol–water partition coefficient (Wildman–Crippen LogP) is 2.00. The van der Waals surface area contributed by atoms with Gasteiger partial charge in [0.25, 0.3) is 0 Å². The number of nitrogen functional groups attached to an aromatic ring is 1. The van der Waals surface area contributed by atoms with Crippen LogP contribution < -0.4 is 11.1 Å². The summed E-state index contributed by atoms with van der Waals surface area (Å²) in [5.41, 5.74) is 7.96. The summed E-state index contributed by atoms with van der Waals surface area (Å²) in [5.74, 6) is 0.706. The van der Waals surface area contributed by atoms with Gasteiger partial charge >= 0.3 is 0 Å². The Morgan fingerprint density at radius 1 is 1.53 bits per heavy atom. The average molecular weight is 263 g/mol. The second kappa shape index (κ2) is 6.87. The number of methoxy groups -OCH3 is 1. The van der Waals surface area contributed by atoms with Gasteiger partial charge in [0.2, 0.25) is 0 Å². The van der Waals surface area contributed by atoms with Crippen LogP contribution in [-0.2, 0) is 11.2 Å². The second-order valence-electron chi connectivity index (χ2n) is 5.38. The predicted molar refractivity (Wildman–Crippen MR) is 78.0 cm³/mol. The highest BCUT2D eigenvalue weighted by Crippen LogP contribution is 2.36. The van der Waals surface area contributed by atoms with Gasteiger partial charge in [0.05, 0.1) is 6.10 Å². The van der Waals surface area contributed by atoms with E-state index in [-0.39, 0.29) is 6.10 Å². The van der Waals surface area contributed by atoms with Gasteiger partial charge in [0.1, 0.15) is 0 Å². The Bertz CT molecular complexity index is 393. The molecule has 1 fully saturated rings. The summed E-state index contributed by atoms with van der Waals surface area (Å²) < 4.78 is 5.72. The number of pyridine rings is 1. The molecule has 0 bridgehead atoms. The van der Waals surface area contributed by atoms with Gasteiger partial charge in [-0.2, -0.15) is 0 Å². The van der Waals surface area contributed by atoms with Crippen LogP contribution in [-0.4, -0.2) is 30.8 Å². The van der Waals surface area contributed by atoms with E-state index in [1.807, 2.05) is 19.4 Å². The molecule has 0 spiro atoms. The van der Waals surface area contributed by atoms with Crippen LogP contribution >= 0.6 is 0 Å². The Hall–Kier alpha value is -1.13. The van der Waals surface area contributed by atoms with Gasteiger partial charge in [0, 0.05) is 31.2 Å². The van der Waals surface area contributed by atoms with E-state index in [1.165, 1.54) is 12.8 Å². The zero-order chi connectivity index (χ0) is 13.7. The quantitative estimate of drug-likeness (QED) is 0.753.